The maximum absolute atomic E-state index is 12.1. The smallest absolute Gasteiger partial charge is 0.224 e. The standard InChI is InChI=1S/C14H19N3O2/c1-10(12-5-3-4-7-15-12)16-14(19)11-6-8-17(2)13(18)9-11/h3-5,7,10-11H,6,8-9H2,1-2H3,(H,16,19). The van der Waals surface area contributed by atoms with Crippen LogP contribution in [0.25, 0.3) is 0 Å². The Morgan fingerprint density at radius 1 is 1.53 bits per heavy atom. The number of piperidine rings is 1. The van der Waals surface area contributed by atoms with Gasteiger partial charge in [0.05, 0.1) is 11.7 Å². The lowest BCUT2D eigenvalue weighted by molar-refractivity contribution is -0.139. The molecule has 0 aliphatic carbocycles. The van der Waals surface area contributed by atoms with Crippen molar-refractivity contribution in [1.82, 2.24) is 15.2 Å². The molecule has 1 N–H and O–H groups in total. The van der Waals surface area contributed by atoms with Gasteiger partial charge in [-0.3, -0.25) is 14.6 Å². The minimum atomic E-state index is -0.213. The van der Waals surface area contributed by atoms with Crippen LogP contribution in [0, 0.1) is 5.92 Å². The first-order valence-corrected chi connectivity index (χ1v) is 6.53. The van der Waals surface area contributed by atoms with Crippen molar-refractivity contribution in [2.45, 2.75) is 25.8 Å². The second kappa shape index (κ2) is 5.82. The SMILES string of the molecule is CC(NC(=O)C1CCN(C)C(=O)C1)c1ccccn1. The fourth-order valence-corrected chi connectivity index (χ4v) is 2.20. The van der Waals surface area contributed by atoms with Crippen molar-refractivity contribution in [2.75, 3.05) is 13.6 Å². The molecule has 2 amide bonds. The summed E-state index contributed by atoms with van der Waals surface area (Å²) >= 11 is 0. The molecule has 5 heteroatoms. The van der Waals surface area contributed by atoms with Crippen molar-refractivity contribution >= 4 is 11.8 Å². The number of nitrogens with one attached hydrogen (secondary N) is 1. The minimum absolute atomic E-state index is 0.0388. The van der Waals surface area contributed by atoms with Gasteiger partial charge in [0, 0.05) is 32.1 Å². The fraction of sp³-hybridized carbons (Fsp3) is 0.500. The summed E-state index contributed by atoms with van der Waals surface area (Å²) in [6.45, 7) is 2.55. The maximum Gasteiger partial charge on any atom is 0.224 e. The van der Waals surface area contributed by atoms with Gasteiger partial charge in [0.15, 0.2) is 0 Å². The van der Waals surface area contributed by atoms with Gasteiger partial charge in [0.2, 0.25) is 11.8 Å². The van der Waals surface area contributed by atoms with E-state index in [0.29, 0.717) is 13.0 Å². The summed E-state index contributed by atoms with van der Waals surface area (Å²) in [7, 11) is 1.77. The van der Waals surface area contributed by atoms with Crippen LogP contribution >= 0.6 is 0 Å². The summed E-state index contributed by atoms with van der Waals surface area (Å²) in [6.07, 6.45) is 2.73. The van der Waals surface area contributed by atoms with E-state index in [1.54, 1.807) is 18.1 Å². The van der Waals surface area contributed by atoms with Crippen molar-refractivity contribution in [3.8, 4) is 0 Å². The highest BCUT2D eigenvalue weighted by atomic mass is 16.2. The van der Waals surface area contributed by atoms with Gasteiger partial charge in [0.25, 0.3) is 0 Å². The maximum atomic E-state index is 12.1. The highest BCUT2D eigenvalue weighted by Gasteiger charge is 2.29. The average Bonchev–Trinajstić information content (AvgIpc) is 2.42. The van der Waals surface area contributed by atoms with Gasteiger partial charge in [-0.1, -0.05) is 6.07 Å². The summed E-state index contributed by atoms with van der Waals surface area (Å²) in [5.41, 5.74) is 0.829. The molecule has 0 radical (unpaired) electrons. The predicted molar refractivity (Wildman–Crippen MR) is 71.2 cm³/mol. The fourth-order valence-electron chi connectivity index (χ4n) is 2.20. The van der Waals surface area contributed by atoms with Gasteiger partial charge in [0.1, 0.15) is 0 Å². The molecular formula is C14H19N3O2. The van der Waals surface area contributed by atoms with Gasteiger partial charge in [-0.2, -0.15) is 0 Å². The number of carbonyl (C=O) groups excluding carboxylic acids is 2. The van der Waals surface area contributed by atoms with Crippen LogP contribution in [-0.4, -0.2) is 35.3 Å². The Morgan fingerprint density at radius 2 is 2.32 bits per heavy atom. The van der Waals surface area contributed by atoms with Crippen LogP contribution in [0.15, 0.2) is 24.4 Å². The molecule has 1 saturated heterocycles. The van der Waals surface area contributed by atoms with Gasteiger partial charge < -0.3 is 10.2 Å². The topological polar surface area (TPSA) is 62.3 Å². The Morgan fingerprint density at radius 3 is 2.95 bits per heavy atom. The van der Waals surface area contributed by atoms with Crippen molar-refractivity contribution in [3.63, 3.8) is 0 Å². The molecule has 1 aliphatic rings. The van der Waals surface area contributed by atoms with Crippen LogP contribution in [-0.2, 0) is 9.59 Å². The highest BCUT2D eigenvalue weighted by Crippen LogP contribution is 2.19. The molecule has 102 valence electrons. The van der Waals surface area contributed by atoms with Crippen LogP contribution in [0.1, 0.15) is 31.5 Å². The lowest BCUT2D eigenvalue weighted by atomic mass is 9.95. The van der Waals surface area contributed by atoms with E-state index in [-0.39, 0.29) is 23.8 Å². The van der Waals surface area contributed by atoms with E-state index in [4.69, 9.17) is 0 Å². The number of carbonyl (C=O) groups is 2. The van der Waals surface area contributed by atoms with Crippen LogP contribution in [0.4, 0.5) is 0 Å². The number of rotatable bonds is 3. The average molecular weight is 261 g/mol. The summed E-state index contributed by atoms with van der Waals surface area (Å²) in [6, 6.07) is 5.48. The molecule has 2 rings (SSSR count). The lowest BCUT2D eigenvalue weighted by Crippen LogP contribution is -2.42. The third kappa shape index (κ3) is 3.30. The number of aromatic nitrogens is 1. The van der Waals surface area contributed by atoms with Gasteiger partial charge >= 0.3 is 0 Å². The lowest BCUT2D eigenvalue weighted by Gasteiger charge is -2.28. The molecule has 2 unspecified atom stereocenters. The Kier molecular flexibility index (Phi) is 4.14. The Bertz CT molecular complexity index is 461. The Hall–Kier alpha value is -1.91. The third-order valence-electron chi connectivity index (χ3n) is 3.52. The first kappa shape index (κ1) is 13.5. The minimum Gasteiger partial charge on any atom is -0.348 e. The van der Waals surface area contributed by atoms with Crippen molar-refractivity contribution in [1.29, 1.82) is 0 Å². The summed E-state index contributed by atoms with van der Waals surface area (Å²) in [5, 5.41) is 2.93. The first-order chi connectivity index (χ1) is 9.08. The number of pyridine rings is 1. The number of likely N-dealkylation sites (tertiary alicyclic amines) is 1. The van der Waals surface area contributed by atoms with Crippen LogP contribution in [0.5, 0.6) is 0 Å². The zero-order valence-electron chi connectivity index (χ0n) is 11.3. The zero-order chi connectivity index (χ0) is 13.8. The molecule has 5 nitrogen and oxygen atoms in total. The van der Waals surface area contributed by atoms with E-state index in [2.05, 4.69) is 10.3 Å². The Balaban J connectivity index is 1.93. The van der Waals surface area contributed by atoms with Crippen LogP contribution in [0.2, 0.25) is 0 Å². The monoisotopic (exact) mass is 261 g/mol. The third-order valence-corrected chi connectivity index (χ3v) is 3.52. The van der Waals surface area contributed by atoms with E-state index in [1.807, 2.05) is 25.1 Å². The molecule has 19 heavy (non-hydrogen) atoms. The molecule has 1 fully saturated rings. The van der Waals surface area contributed by atoms with Gasteiger partial charge in [-0.15, -0.1) is 0 Å². The second-order valence-corrected chi connectivity index (χ2v) is 4.99. The molecule has 0 saturated carbocycles. The van der Waals surface area contributed by atoms with Gasteiger partial charge in [-0.25, -0.2) is 0 Å². The normalized spacial score (nSPS) is 21.1. The molecule has 0 bridgehead atoms. The second-order valence-electron chi connectivity index (χ2n) is 4.99. The zero-order valence-corrected chi connectivity index (χ0v) is 11.3. The van der Waals surface area contributed by atoms with E-state index in [9.17, 15) is 9.59 Å². The number of nitrogens with zero attached hydrogens (tertiary/aromatic N) is 2. The van der Waals surface area contributed by atoms with Crippen molar-refractivity contribution in [3.05, 3.63) is 30.1 Å². The number of hydrogen-bond acceptors (Lipinski definition) is 3. The molecule has 1 aromatic rings. The quantitative estimate of drug-likeness (QED) is 0.887. The molecule has 2 heterocycles. The molecular weight excluding hydrogens is 242 g/mol. The van der Waals surface area contributed by atoms with Crippen molar-refractivity contribution < 1.29 is 9.59 Å². The molecule has 0 spiro atoms. The molecule has 2 atom stereocenters. The predicted octanol–water partition coefficient (Wildman–Crippen LogP) is 1.13. The number of amides is 2. The van der Waals surface area contributed by atoms with E-state index in [1.165, 1.54) is 0 Å². The summed E-state index contributed by atoms with van der Waals surface area (Å²) in [5.74, 6) is -0.230. The van der Waals surface area contributed by atoms with E-state index < -0.39 is 0 Å². The summed E-state index contributed by atoms with van der Waals surface area (Å²) in [4.78, 5) is 29.6. The van der Waals surface area contributed by atoms with Crippen LogP contribution in [0.3, 0.4) is 0 Å². The molecule has 0 aromatic carbocycles. The first-order valence-electron chi connectivity index (χ1n) is 6.53. The number of hydrogen-bond donors (Lipinski definition) is 1. The van der Waals surface area contributed by atoms with E-state index in [0.717, 1.165) is 12.1 Å². The van der Waals surface area contributed by atoms with Crippen LogP contribution < -0.4 is 5.32 Å². The van der Waals surface area contributed by atoms with E-state index >= 15 is 0 Å². The summed E-state index contributed by atoms with van der Waals surface area (Å²) < 4.78 is 0. The van der Waals surface area contributed by atoms with Gasteiger partial charge in [-0.05, 0) is 25.5 Å². The molecule has 1 aromatic heterocycles. The van der Waals surface area contributed by atoms with Crippen molar-refractivity contribution in [2.24, 2.45) is 5.92 Å². The highest BCUT2D eigenvalue weighted by molar-refractivity contribution is 5.87. The molecule has 1 aliphatic heterocycles. The Labute approximate surface area is 113 Å². The largest absolute Gasteiger partial charge is 0.348 e.